The van der Waals surface area contributed by atoms with Crippen LogP contribution in [0.2, 0.25) is 0 Å². The van der Waals surface area contributed by atoms with Crippen molar-refractivity contribution in [3.05, 3.63) is 24.3 Å². The van der Waals surface area contributed by atoms with E-state index in [0.717, 1.165) is 29.8 Å². The van der Waals surface area contributed by atoms with Crippen molar-refractivity contribution in [3.8, 4) is 0 Å². The van der Waals surface area contributed by atoms with Gasteiger partial charge in [-0.1, -0.05) is 24.3 Å². The zero-order valence-corrected chi connectivity index (χ0v) is 23.6. The van der Waals surface area contributed by atoms with E-state index < -0.39 is 0 Å². The summed E-state index contributed by atoms with van der Waals surface area (Å²) in [7, 11) is 19.5. The van der Waals surface area contributed by atoms with Gasteiger partial charge >= 0.3 is 0 Å². The Hall–Kier alpha value is -0.840. The van der Waals surface area contributed by atoms with Crippen LogP contribution in [0.1, 0.15) is 32.1 Å². The van der Waals surface area contributed by atoms with Gasteiger partial charge in [0, 0.05) is 93.0 Å². The van der Waals surface area contributed by atoms with Gasteiger partial charge in [-0.05, 0) is 25.7 Å². The fraction of sp³-hybridized carbons (Fsp3) is 0.846. The summed E-state index contributed by atoms with van der Waals surface area (Å²) in [4.78, 5) is 0. The van der Waals surface area contributed by atoms with Gasteiger partial charge in [0.25, 0.3) is 0 Å². The summed E-state index contributed by atoms with van der Waals surface area (Å²) >= 11 is 0. The zero-order chi connectivity index (χ0) is 25.0. The van der Waals surface area contributed by atoms with Crippen LogP contribution in [0, 0.1) is 0 Å². The Bertz CT molecular complexity index is 648. The molecule has 0 aromatic rings. The fourth-order valence-corrected chi connectivity index (χ4v) is 5.67. The molecule has 4 fully saturated rings. The van der Waals surface area contributed by atoms with Gasteiger partial charge in [-0.2, -0.15) is 5.01 Å². The molecule has 4 aliphatic heterocycles. The summed E-state index contributed by atoms with van der Waals surface area (Å²) in [5.41, 5.74) is 0. The number of nitrogens with zero attached hydrogens (tertiary/aromatic N) is 8. The van der Waals surface area contributed by atoms with E-state index in [9.17, 15) is 0 Å². The summed E-state index contributed by atoms with van der Waals surface area (Å²) in [6, 6.07) is 3.14. The molecule has 2 aliphatic carbocycles. The number of likely N-dealkylation sites (N-methyl/N-ethyl adjacent to an activating group) is 4. The molecule has 4 heterocycles. The van der Waals surface area contributed by atoms with E-state index in [2.05, 4.69) is 123 Å². The van der Waals surface area contributed by atoms with E-state index in [0.29, 0.717) is 12.1 Å². The number of hydrazine groups is 3. The van der Waals surface area contributed by atoms with Crippen molar-refractivity contribution in [2.24, 2.45) is 0 Å². The van der Waals surface area contributed by atoms with Crippen LogP contribution in [0.15, 0.2) is 24.3 Å². The molecule has 1 saturated carbocycles. The lowest BCUT2D eigenvalue weighted by atomic mass is 10.2. The highest BCUT2D eigenvalue weighted by atomic mass is 15.7. The Kier molecular flexibility index (Phi) is 9.73. The molecule has 0 amide bonds. The molecule has 0 aromatic carbocycles. The quantitative estimate of drug-likeness (QED) is 0.387. The molecule has 6 aliphatic rings. The molecule has 3 saturated heterocycles. The summed E-state index contributed by atoms with van der Waals surface area (Å²) in [5.74, 6) is 0. The van der Waals surface area contributed by atoms with E-state index in [1.807, 2.05) is 0 Å². The molecule has 4 atom stereocenters. The minimum absolute atomic E-state index is 0.694. The highest BCUT2D eigenvalue weighted by molar-refractivity contribution is 5.13. The molecule has 0 spiro atoms. The van der Waals surface area contributed by atoms with E-state index >= 15 is 0 Å². The third-order valence-corrected chi connectivity index (χ3v) is 9.03. The zero-order valence-electron chi connectivity index (χ0n) is 23.6. The predicted molar refractivity (Wildman–Crippen MR) is 142 cm³/mol. The van der Waals surface area contributed by atoms with Crippen molar-refractivity contribution in [3.63, 3.8) is 0 Å². The largest absolute Gasteiger partial charge is 0.248 e. The van der Waals surface area contributed by atoms with Crippen LogP contribution >= 0.6 is 0 Å². The molecule has 0 aromatic heterocycles. The summed E-state index contributed by atoms with van der Waals surface area (Å²) in [6.07, 6.45) is 15.9. The van der Waals surface area contributed by atoms with Crippen molar-refractivity contribution in [2.45, 2.75) is 56.3 Å². The molecule has 0 N–H and O–H groups in total. The lowest BCUT2D eigenvalue weighted by Crippen LogP contribution is -2.46. The van der Waals surface area contributed by atoms with Gasteiger partial charge in [0.15, 0.2) is 0 Å². The van der Waals surface area contributed by atoms with Crippen molar-refractivity contribution in [1.82, 2.24) is 35.1 Å². The number of quaternary nitrogens is 1. The Morgan fingerprint density at radius 3 is 1.32 bits per heavy atom. The summed E-state index contributed by atoms with van der Waals surface area (Å²) in [5, 5.41) is 16.1. The molecule has 0 radical (unpaired) electrons. The van der Waals surface area contributed by atoms with E-state index in [-0.39, 0.29) is 0 Å². The molecule has 4 unspecified atom stereocenters. The van der Waals surface area contributed by atoms with Crippen LogP contribution in [-0.2, 0) is 0 Å². The van der Waals surface area contributed by atoms with Crippen molar-refractivity contribution < 1.29 is 4.59 Å². The predicted octanol–water partition coefficient (Wildman–Crippen LogP) is 1.82. The number of hydrogen-bond donors (Lipinski definition) is 0. The van der Waals surface area contributed by atoms with E-state index in [4.69, 9.17) is 0 Å². The van der Waals surface area contributed by atoms with Gasteiger partial charge in [0.2, 0.25) is 0 Å². The van der Waals surface area contributed by atoms with Gasteiger partial charge < -0.3 is 0 Å². The third kappa shape index (κ3) is 6.68. The van der Waals surface area contributed by atoms with Crippen LogP contribution < -0.4 is 0 Å². The number of rotatable bonds is 0. The van der Waals surface area contributed by atoms with Gasteiger partial charge in [0.1, 0.15) is 0 Å². The smallest absolute Gasteiger partial charge is 0.0974 e. The fourth-order valence-electron chi connectivity index (χ4n) is 5.67. The van der Waals surface area contributed by atoms with Gasteiger partial charge in [-0.25, -0.2) is 34.6 Å². The van der Waals surface area contributed by atoms with Crippen LogP contribution in [0.4, 0.5) is 0 Å². The normalized spacial score (nSPS) is 35.7. The molecule has 8 heteroatoms. The second kappa shape index (κ2) is 11.9. The first kappa shape index (κ1) is 27.7. The lowest BCUT2D eigenvalue weighted by molar-refractivity contribution is -0.985. The third-order valence-electron chi connectivity index (χ3n) is 9.03. The average Bonchev–Trinajstić information content (AvgIpc) is 3.61. The standard InChI is InChI=1S/C7H14N2.C7H12N2.C6H15N2.C6H12N2/c2*1-8-6-3-4-7(5-6)9(8)2;1-7-5-4-6-8(7,2)3;1-7-5-3-4-6-8(7)2/h6-7H,3-5H2,1-2H3;3-4,6-7H,5H2,1-2H3;4-6H2,1-3H3;3-4H,5-6H2,1-2H3/q;;+1;. The van der Waals surface area contributed by atoms with Crippen molar-refractivity contribution in [1.29, 1.82) is 0 Å². The molecule has 196 valence electrons. The molecule has 4 bridgehead atoms. The van der Waals surface area contributed by atoms with Gasteiger partial charge in [-0.15, -0.1) is 0 Å². The minimum Gasteiger partial charge on any atom is -0.248 e. The van der Waals surface area contributed by atoms with Crippen molar-refractivity contribution in [2.75, 3.05) is 89.6 Å². The average molecular weight is 478 g/mol. The van der Waals surface area contributed by atoms with Gasteiger partial charge in [-0.3, -0.25) is 0 Å². The topological polar surface area (TPSA) is 22.7 Å². The highest BCUT2D eigenvalue weighted by Gasteiger charge is 2.39. The Morgan fingerprint density at radius 1 is 0.647 bits per heavy atom. The second-order valence-corrected chi connectivity index (χ2v) is 11.4. The molecule has 6 rings (SSSR count). The Labute approximate surface area is 210 Å². The van der Waals surface area contributed by atoms with E-state index in [1.165, 1.54) is 45.2 Å². The Balaban J connectivity index is 0.000000127. The molecule has 34 heavy (non-hydrogen) atoms. The maximum atomic E-state index is 2.38. The van der Waals surface area contributed by atoms with Crippen LogP contribution in [0.3, 0.4) is 0 Å². The van der Waals surface area contributed by atoms with Crippen LogP contribution in [0.5, 0.6) is 0 Å². The van der Waals surface area contributed by atoms with Crippen LogP contribution in [0.25, 0.3) is 0 Å². The summed E-state index contributed by atoms with van der Waals surface area (Å²) < 4.78 is 1.07. The van der Waals surface area contributed by atoms with Gasteiger partial charge in [0.05, 0.1) is 27.2 Å². The highest BCUT2D eigenvalue weighted by Crippen LogP contribution is 2.34. The van der Waals surface area contributed by atoms with Crippen LogP contribution in [-0.4, -0.2) is 153 Å². The number of fused-ring (bicyclic) bond motifs is 4. The van der Waals surface area contributed by atoms with Crippen molar-refractivity contribution >= 4 is 0 Å². The first-order valence-corrected chi connectivity index (χ1v) is 13.2. The molecular weight excluding hydrogens is 424 g/mol. The Morgan fingerprint density at radius 2 is 1.12 bits per heavy atom. The number of hydrogen-bond acceptors (Lipinski definition) is 7. The summed E-state index contributed by atoms with van der Waals surface area (Å²) in [6.45, 7) is 4.66. The van der Waals surface area contributed by atoms with E-state index in [1.54, 1.807) is 0 Å². The molecule has 8 nitrogen and oxygen atoms in total. The molecular formula is C26H53N8+. The maximum Gasteiger partial charge on any atom is 0.0974 e. The minimum atomic E-state index is 0.694. The SMILES string of the molecule is CN1C2C=CC(C2)N1C.CN1C2CCC(C2)N1C.CN1CC=CCN1C.CN1CCC[N+]1(C)C. The maximum absolute atomic E-state index is 2.38. The monoisotopic (exact) mass is 477 g/mol. The first-order chi connectivity index (χ1) is 16.0. The second-order valence-electron chi connectivity index (χ2n) is 11.4. The first-order valence-electron chi connectivity index (χ1n) is 13.2. The lowest BCUT2D eigenvalue weighted by Gasteiger charge is -2.31.